The van der Waals surface area contributed by atoms with E-state index in [4.69, 9.17) is 14.2 Å². The Hall–Kier alpha value is -3.68. The Balaban J connectivity index is 1.69. The van der Waals surface area contributed by atoms with E-state index in [2.05, 4.69) is 13.8 Å². The second-order valence-corrected chi connectivity index (χ2v) is 9.28. The molecule has 5 nitrogen and oxygen atoms in total. The lowest BCUT2D eigenvalue weighted by Crippen LogP contribution is -2.42. The zero-order valence-corrected chi connectivity index (χ0v) is 21.3. The van der Waals surface area contributed by atoms with Gasteiger partial charge in [0.05, 0.1) is 25.8 Å². The normalized spacial score (nSPS) is 15.4. The number of carbonyl (C=O) groups is 1. The van der Waals surface area contributed by atoms with E-state index in [9.17, 15) is 18.0 Å². The number of hydrogen-bond donors (Lipinski definition) is 0. The van der Waals surface area contributed by atoms with Crippen molar-refractivity contribution in [2.24, 2.45) is 0 Å². The van der Waals surface area contributed by atoms with Crippen molar-refractivity contribution in [3.63, 3.8) is 0 Å². The summed E-state index contributed by atoms with van der Waals surface area (Å²) in [4.78, 5) is 15.1. The summed E-state index contributed by atoms with van der Waals surface area (Å²) < 4.78 is 57.0. The third-order valence-corrected chi connectivity index (χ3v) is 6.66. The molecule has 3 aromatic rings. The first-order chi connectivity index (χ1) is 17.6. The summed E-state index contributed by atoms with van der Waals surface area (Å²) in [5.41, 5.74) is 2.07. The fourth-order valence-corrected chi connectivity index (χ4v) is 4.57. The van der Waals surface area contributed by atoms with Crippen LogP contribution in [0.1, 0.15) is 58.4 Å². The van der Waals surface area contributed by atoms with Gasteiger partial charge >= 0.3 is 6.18 Å². The van der Waals surface area contributed by atoms with Crippen molar-refractivity contribution in [1.29, 1.82) is 0 Å². The van der Waals surface area contributed by atoms with Gasteiger partial charge in [-0.15, -0.1) is 0 Å². The first kappa shape index (κ1) is 26.4. The summed E-state index contributed by atoms with van der Waals surface area (Å²) in [7, 11) is 3.08. The molecule has 0 saturated carbocycles. The van der Waals surface area contributed by atoms with E-state index in [-0.39, 0.29) is 12.2 Å². The number of carbonyl (C=O) groups excluding carboxylic acids is 1. The van der Waals surface area contributed by atoms with E-state index in [0.29, 0.717) is 36.1 Å². The molecule has 1 aliphatic rings. The molecular formula is C29H30F3NO4. The van der Waals surface area contributed by atoms with Crippen molar-refractivity contribution < 1.29 is 32.2 Å². The van der Waals surface area contributed by atoms with Crippen LogP contribution in [0.15, 0.2) is 60.7 Å². The van der Waals surface area contributed by atoms with E-state index in [0.717, 1.165) is 23.3 Å². The molecule has 1 heterocycles. The number of halogens is 3. The van der Waals surface area contributed by atoms with Crippen LogP contribution in [0, 0.1) is 0 Å². The summed E-state index contributed by atoms with van der Waals surface area (Å²) >= 11 is 0. The lowest BCUT2D eigenvalue weighted by molar-refractivity contribution is -0.137. The van der Waals surface area contributed by atoms with Crippen LogP contribution in [0.2, 0.25) is 0 Å². The highest BCUT2D eigenvalue weighted by atomic mass is 19.4. The van der Waals surface area contributed by atoms with E-state index >= 15 is 0 Å². The summed E-state index contributed by atoms with van der Waals surface area (Å²) in [6.07, 6.45) is -4.03. The minimum atomic E-state index is -4.54. The SMILES string of the molecule is COc1cc2c(cc1OC)C(COc1ccc(C(C)C)cc1)N(C(=O)c1cccc(C(F)(F)F)c1)CC2. The predicted octanol–water partition coefficient (Wildman–Crippen LogP) is 6.66. The first-order valence-corrected chi connectivity index (χ1v) is 12.1. The Morgan fingerprint density at radius 2 is 1.68 bits per heavy atom. The number of benzene rings is 3. The first-order valence-electron chi connectivity index (χ1n) is 12.1. The highest BCUT2D eigenvalue weighted by molar-refractivity contribution is 5.95. The molecule has 0 spiro atoms. The number of fused-ring (bicyclic) bond motifs is 1. The fourth-order valence-electron chi connectivity index (χ4n) is 4.57. The molecule has 0 aliphatic carbocycles. The van der Waals surface area contributed by atoms with Gasteiger partial charge in [-0.1, -0.05) is 32.0 Å². The Bertz CT molecular complexity index is 1250. The van der Waals surface area contributed by atoms with Gasteiger partial charge in [0, 0.05) is 12.1 Å². The van der Waals surface area contributed by atoms with Crippen LogP contribution < -0.4 is 14.2 Å². The monoisotopic (exact) mass is 513 g/mol. The molecule has 0 saturated heterocycles. The smallest absolute Gasteiger partial charge is 0.416 e. The van der Waals surface area contributed by atoms with Crippen LogP contribution >= 0.6 is 0 Å². The van der Waals surface area contributed by atoms with Gasteiger partial charge in [0.1, 0.15) is 12.4 Å². The van der Waals surface area contributed by atoms with Crippen molar-refractivity contribution in [3.05, 3.63) is 88.5 Å². The third-order valence-electron chi connectivity index (χ3n) is 6.66. The minimum Gasteiger partial charge on any atom is -0.493 e. The summed E-state index contributed by atoms with van der Waals surface area (Å²) in [5, 5.41) is 0. The van der Waals surface area contributed by atoms with Crippen molar-refractivity contribution in [2.75, 3.05) is 27.4 Å². The maximum absolute atomic E-state index is 13.6. The Morgan fingerprint density at radius 1 is 1.00 bits per heavy atom. The Morgan fingerprint density at radius 3 is 2.30 bits per heavy atom. The second-order valence-electron chi connectivity index (χ2n) is 9.28. The number of ether oxygens (including phenoxy) is 3. The van der Waals surface area contributed by atoms with E-state index in [1.807, 2.05) is 36.4 Å². The molecular weight excluding hydrogens is 483 g/mol. The molecule has 1 unspecified atom stereocenters. The number of nitrogens with zero attached hydrogens (tertiary/aromatic N) is 1. The highest BCUT2D eigenvalue weighted by Crippen LogP contribution is 2.39. The summed E-state index contributed by atoms with van der Waals surface area (Å²) in [6, 6.07) is 15.4. The van der Waals surface area contributed by atoms with Crippen LogP contribution in [0.3, 0.4) is 0 Å². The summed E-state index contributed by atoms with van der Waals surface area (Å²) in [6.45, 7) is 4.65. The van der Waals surface area contributed by atoms with Gasteiger partial charge in [-0.3, -0.25) is 4.79 Å². The van der Waals surface area contributed by atoms with E-state index < -0.39 is 23.7 Å². The molecule has 0 aromatic heterocycles. The number of rotatable bonds is 7. The van der Waals surface area contributed by atoms with Crippen LogP contribution in [-0.4, -0.2) is 38.2 Å². The molecule has 0 radical (unpaired) electrons. The standard InChI is InChI=1S/C29H30F3NO4/c1-18(2)19-8-10-23(11-9-19)37-17-25-24-16-27(36-4)26(35-3)15-20(24)12-13-33(25)28(34)21-6-5-7-22(14-21)29(30,31)32/h5-11,14-16,18,25H,12-13,17H2,1-4H3. The lowest BCUT2D eigenvalue weighted by Gasteiger charge is -2.37. The van der Waals surface area contributed by atoms with Gasteiger partial charge in [-0.25, -0.2) is 0 Å². The molecule has 0 bridgehead atoms. The van der Waals surface area contributed by atoms with Gasteiger partial charge < -0.3 is 19.1 Å². The van der Waals surface area contributed by atoms with Crippen molar-refractivity contribution >= 4 is 5.91 Å². The van der Waals surface area contributed by atoms with Crippen LogP contribution in [0.5, 0.6) is 17.2 Å². The number of methoxy groups -OCH3 is 2. The Labute approximate surface area is 214 Å². The van der Waals surface area contributed by atoms with Crippen LogP contribution in [0.4, 0.5) is 13.2 Å². The average molecular weight is 514 g/mol. The maximum atomic E-state index is 13.6. The fraction of sp³-hybridized carbons (Fsp3) is 0.345. The van der Waals surface area contributed by atoms with Gasteiger partial charge in [0.15, 0.2) is 11.5 Å². The molecule has 0 fully saturated rings. The molecule has 0 N–H and O–H groups in total. The number of amides is 1. The van der Waals surface area contributed by atoms with Gasteiger partial charge in [0.2, 0.25) is 0 Å². The van der Waals surface area contributed by atoms with Crippen LogP contribution in [0.25, 0.3) is 0 Å². The average Bonchev–Trinajstić information content (AvgIpc) is 2.90. The van der Waals surface area contributed by atoms with E-state index in [1.54, 1.807) is 12.0 Å². The predicted molar refractivity (Wildman–Crippen MR) is 134 cm³/mol. The van der Waals surface area contributed by atoms with Crippen molar-refractivity contribution in [3.8, 4) is 17.2 Å². The van der Waals surface area contributed by atoms with Gasteiger partial charge in [0.25, 0.3) is 5.91 Å². The molecule has 8 heteroatoms. The molecule has 1 aliphatic heterocycles. The molecule has 37 heavy (non-hydrogen) atoms. The molecule has 1 atom stereocenters. The molecule has 1 amide bonds. The zero-order chi connectivity index (χ0) is 26.7. The second kappa shape index (κ2) is 10.7. The van der Waals surface area contributed by atoms with Gasteiger partial charge in [-0.2, -0.15) is 13.2 Å². The quantitative estimate of drug-likeness (QED) is 0.354. The number of hydrogen-bond acceptors (Lipinski definition) is 4. The highest BCUT2D eigenvalue weighted by Gasteiger charge is 2.35. The topological polar surface area (TPSA) is 48.0 Å². The molecule has 3 aromatic carbocycles. The van der Waals surface area contributed by atoms with Crippen LogP contribution in [-0.2, 0) is 12.6 Å². The zero-order valence-electron chi connectivity index (χ0n) is 21.3. The van der Waals surface area contributed by atoms with Crippen molar-refractivity contribution in [1.82, 2.24) is 4.90 Å². The Kier molecular flexibility index (Phi) is 7.66. The third kappa shape index (κ3) is 5.68. The van der Waals surface area contributed by atoms with Crippen molar-refractivity contribution in [2.45, 2.75) is 38.4 Å². The lowest BCUT2D eigenvalue weighted by atomic mass is 9.91. The molecule has 196 valence electrons. The van der Waals surface area contributed by atoms with Gasteiger partial charge in [-0.05, 0) is 71.5 Å². The molecule has 4 rings (SSSR count). The minimum absolute atomic E-state index is 0.0231. The van der Waals surface area contributed by atoms with E-state index in [1.165, 1.54) is 24.8 Å². The summed E-state index contributed by atoms with van der Waals surface area (Å²) in [5.74, 6) is 1.60. The maximum Gasteiger partial charge on any atom is 0.416 e. The largest absolute Gasteiger partial charge is 0.493 e. The number of alkyl halides is 3.